The summed E-state index contributed by atoms with van der Waals surface area (Å²) in [7, 11) is 0. The van der Waals surface area contributed by atoms with E-state index in [0.29, 0.717) is 18.8 Å². The van der Waals surface area contributed by atoms with E-state index < -0.39 is 6.10 Å². The number of urea groups is 1. The molecule has 1 saturated heterocycles. The number of hydrogen-bond acceptors (Lipinski definition) is 2. The van der Waals surface area contributed by atoms with E-state index in [1.165, 1.54) is 0 Å². The number of nitrogens with zero attached hydrogens (tertiary/aromatic N) is 1. The van der Waals surface area contributed by atoms with Crippen LogP contribution >= 0.6 is 0 Å². The summed E-state index contributed by atoms with van der Waals surface area (Å²) in [6, 6.07) is 16.8. The van der Waals surface area contributed by atoms with E-state index >= 15 is 0 Å². The Morgan fingerprint density at radius 1 is 1.16 bits per heavy atom. The van der Waals surface area contributed by atoms with E-state index in [4.69, 9.17) is 6.42 Å². The van der Waals surface area contributed by atoms with Gasteiger partial charge >= 0.3 is 6.03 Å². The Bertz CT molecular complexity index is 759. The fraction of sp³-hybridized carbons (Fsp3) is 0.286. The summed E-state index contributed by atoms with van der Waals surface area (Å²) in [4.78, 5) is 14.2. The van der Waals surface area contributed by atoms with Crippen molar-refractivity contribution in [3.05, 3.63) is 65.7 Å². The Morgan fingerprint density at radius 3 is 2.56 bits per heavy atom. The maximum Gasteiger partial charge on any atom is 0.321 e. The fourth-order valence-electron chi connectivity index (χ4n) is 3.23. The molecule has 0 radical (unpaired) electrons. The quantitative estimate of drug-likeness (QED) is 0.842. The van der Waals surface area contributed by atoms with Crippen LogP contribution in [0.5, 0.6) is 0 Å². The number of carbonyl (C=O) groups is 1. The largest absolute Gasteiger partial charge is 0.388 e. The maximum atomic E-state index is 12.4. The highest BCUT2D eigenvalue weighted by molar-refractivity contribution is 5.89. The highest BCUT2D eigenvalue weighted by Crippen LogP contribution is 2.30. The topological polar surface area (TPSA) is 52.6 Å². The molecule has 1 heterocycles. The van der Waals surface area contributed by atoms with Gasteiger partial charge in [-0.15, -0.1) is 6.42 Å². The van der Waals surface area contributed by atoms with Crippen LogP contribution < -0.4 is 5.32 Å². The Morgan fingerprint density at radius 2 is 1.88 bits per heavy atom. The maximum absolute atomic E-state index is 12.4. The van der Waals surface area contributed by atoms with Crippen LogP contribution in [0, 0.1) is 18.3 Å². The molecule has 1 aliphatic heterocycles. The summed E-state index contributed by atoms with van der Waals surface area (Å²) in [5.74, 6) is 2.74. The second-order valence-electron chi connectivity index (χ2n) is 6.34. The van der Waals surface area contributed by atoms with Crippen molar-refractivity contribution in [2.45, 2.75) is 18.9 Å². The zero-order valence-corrected chi connectivity index (χ0v) is 14.1. The standard InChI is InChI=1S/C21H22N2O2/c1-2-16-7-6-10-19(15-16)22-21(25)23-13-11-18(12-14-23)20(24)17-8-4-3-5-9-17/h1,3-10,15,18,20,24H,11-14H2,(H,22,25). The second kappa shape index (κ2) is 7.87. The van der Waals surface area contributed by atoms with Crippen LogP contribution in [0.3, 0.4) is 0 Å². The average molecular weight is 334 g/mol. The number of nitrogens with one attached hydrogen (secondary N) is 1. The van der Waals surface area contributed by atoms with Crippen molar-refractivity contribution in [1.82, 2.24) is 4.90 Å². The Balaban J connectivity index is 1.55. The summed E-state index contributed by atoms with van der Waals surface area (Å²) in [5, 5.41) is 13.4. The van der Waals surface area contributed by atoms with Crippen molar-refractivity contribution in [3.63, 3.8) is 0 Å². The van der Waals surface area contributed by atoms with Gasteiger partial charge in [0, 0.05) is 24.3 Å². The first-order valence-corrected chi connectivity index (χ1v) is 8.53. The normalized spacial score (nSPS) is 16.1. The van der Waals surface area contributed by atoms with E-state index in [9.17, 15) is 9.90 Å². The first-order chi connectivity index (χ1) is 12.2. The van der Waals surface area contributed by atoms with Crippen LogP contribution in [0.25, 0.3) is 0 Å². The number of rotatable bonds is 3. The summed E-state index contributed by atoms with van der Waals surface area (Å²) < 4.78 is 0. The number of piperidine rings is 1. The van der Waals surface area contributed by atoms with Gasteiger partial charge in [0.2, 0.25) is 0 Å². The highest BCUT2D eigenvalue weighted by Gasteiger charge is 2.28. The third-order valence-corrected chi connectivity index (χ3v) is 4.69. The van der Waals surface area contributed by atoms with Crippen LogP contribution in [0.4, 0.5) is 10.5 Å². The van der Waals surface area contributed by atoms with E-state index in [2.05, 4.69) is 11.2 Å². The number of amides is 2. The van der Waals surface area contributed by atoms with Gasteiger partial charge in [0.1, 0.15) is 0 Å². The number of aliphatic hydroxyl groups is 1. The summed E-state index contributed by atoms with van der Waals surface area (Å²) in [5.41, 5.74) is 2.38. The molecule has 3 rings (SSSR count). The smallest absolute Gasteiger partial charge is 0.321 e. The molecule has 0 saturated carbocycles. The molecule has 0 spiro atoms. The molecule has 1 atom stereocenters. The molecule has 0 aliphatic carbocycles. The Hall–Kier alpha value is -2.77. The molecule has 25 heavy (non-hydrogen) atoms. The van der Waals surface area contributed by atoms with Gasteiger partial charge in [0.25, 0.3) is 0 Å². The molecule has 4 nitrogen and oxygen atoms in total. The molecule has 128 valence electrons. The number of likely N-dealkylation sites (tertiary alicyclic amines) is 1. The molecular formula is C21H22N2O2. The minimum absolute atomic E-state index is 0.123. The van der Waals surface area contributed by atoms with Crippen LogP contribution in [0.1, 0.15) is 30.1 Å². The third-order valence-electron chi connectivity index (χ3n) is 4.69. The molecule has 4 heteroatoms. The second-order valence-corrected chi connectivity index (χ2v) is 6.34. The van der Waals surface area contributed by atoms with Gasteiger partial charge in [0.15, 0.2) is 0 Å². The van der Waals surface area contributed by atoms with Gasteiger partial charge in [-0.1, -0.05) is 42.3 Å². The van der Waals surface area contributed by atoms with Crippen molar-refractivity contribution < 1.29 is 9.90 Å². The van der Waals surface area contributed by atoms with E-state index in [-0.39, 0.29) is 11.9 Å². The molecule has 2 aromatic carbocycles. The Kier molecular flexibility index (Phi) is 5.37. The van der Waals surface area contributed by atoms with E-state index in [1.54, 1.807) is 11.0 Å². The minimum Gasteiger partial charge on any atom is -0.388 e. The predicted molar refractivity (Wildman–Crippen MR) is 99.1 cm³/mol. The number of terminal acetylenes is 1. The average Bonchev–Trinajstić information content (AvgIpc) is 2.68. The summed E-state index contributed by atoms with van der Waals surface area (Å²) in [6.07, 6.45) is 6.48. The Labute approximate surface area is 148 Å². The van der Waals surface area contributed by atoms with Crippen molar-refractivity contribution in [3.8, 4) is 12.3 Å². The molecule has 1 aliphatic rings. The van der Waals surface area contributed by atoms with Crippen LogP contribution in [-0.2, 0) is 0 Å². The zero-order valence-electron chi connectivity index (χ0n) is 14.1. The van der Waals surface area contributed by atoms with E-state index in [0.717, 1.165) is 24.0 Å². The van der Waals surface area contributed by atoms with Gasteiger partial charge in [-0.25, -0.2) is 4.79 Å². The third kappa shape index (κ3) is 4.20. The molecule has 2 amide bonds. The first kappa shape index (κ1) is 17.1. The van der Waals surface area contributed by atoms with Gasteiger partial charge < -0.3 is 15.3 Å². The number of hydrogen-bond donors (Lipinski definition) is 2. The molecule has 0 bridgehead atoms. The summed E-state index contributed by atoms with van der Waals surface area (Å²) in [6.45, 7) is 1.27. The highest BCUT2D eigenvalue weighted by atomic mass is 16.3. The van der Waals surface area contributed by atoms with Crippen molar-refractivity contribution in [1.29, 1.82) is 0 Å². The molecule has 2 N–H and O–H groups in total. The van der Waals surface area contributed by atoms with Crippen LogP contribution in [0.15, 0.2) is 54.6 Å². The molecular weight excluding hydrogens is 312 g/mol. The lowest BCUT2D eigenvalue weighted by Gasteiger charge is -2.34. The number of anilines is 1. The molecule has 1 fully saturated rings. The molecule has 1 unspecified atom stereocenters. The first-order valence-electron chi connectivity index (χ1n) is 8.53. The van der Waals surface area contributed by atoms with Crippen molar-refractivity contribution in [2.24, 2.45) is 5.92 Å². The fourth-order valence-corrected chi connectivity index (χ4v) is 3.23. The molecule has 2 aromatic rings. The lowest BCUT2D eigenvalue weighted by Crippen LogP contribution is -2.42. The zero-order chi connectivity index (χ0) is 17.6. The van der Waals surface area contributed by atoms with Gasteiger partial charge in [-0.2, -0.15) is 0 Å². The lowest BCUT2D eigenvalue weighted by atomic mass is 9.87. The van der Waals surface area contributed by atoms with Gasteiger partial charge in [-0.3, -0.25) is 0 Å². The SMILES string of the molecule is C#Cc1cccc(NC(=O)N2CCC(C(O)c3ccccc3)CC2)c1. The van der Waals surface area contributed by atoms with Gasteiger partial charge in [0.05, 0.1) is 6.10 Å². The predicted octanol–water partition coefficient (Wildman–Crippen LogP) is 3.65. The van der Waals surface area contributed by atoms with Crippen molar-refractivity contribution in [2.75, 3.05) is 18.4 Å². The number of benzene rings is 2. The number of carbonyl (C=O) groups excluding carboxylic acids is 1. The van der Waals surface area contributed by atoms with Crippen molar-refractivity contribution >= 4 is 11.7 Å². The summed E-state index contributed by atoms with van der Waals surface area (Å²) >= 11 is 0. The van der Waals surface area contributed by atoms with Crippen LogP contribution in [-0.4, -0.2) is 29.1 Å². The lowest BCUT2D eigenvalue weighted by molar-refractivity contribution is 0.0683. The molecule has 0 aromatic heterocycles. The van der Waals surface area contributed by atoms with E-state index in [1.807, 2.05) is 48.5 Å². The van der Waals surface area contributed by atoms with Crippen LogP contribution in [0.2, 0.25) is 0 Å². The minimum atomic E-state index is -0.473. The number of aliphatic hydroxyl groups excluding tert-OH is 1. The monoisotopic (exact) mass is 334 g/mol. The van der Waals surface area contributed by atoms with Gasteiger partial charge in [-0.05, 0) is 42.5 Å².